The minimum absolute atomic E-state index is 0.274. The van der Waals surface area contributed by atoms with Crippen molar-refractivity contribution in [2.24, 2.45) is 14.1 Å². The number of aromatic nitrogens is 4. The van der Waals surface area contributed by atoms with Crippen LogP contribution in [-0.4, -0.2) is 37.9 Å². The lowest BCUT2D eigenvalue weighted by molar-refractivity contribution is 0.543. The second-order valence-electron chi connectivity index (χ2n) is 6.76. The Balaban J connectivity index is 1.44. The van der Waals surface area contributed by atoms with Crippen LogP contribution in [0.5, 0.6) is 0 Å². The summed E-state index contributed by atoms with van der Waals surface area (Å²) in [6.07, 6.45) is 2.89. The molecule has 0 aliphatic carbocycles. The van der Waals surface area contributed by atoms with Crippen LogP contribution in [0, 0.1) is 0 Å². The Morgan fingerprint density at radius 1 is 1.19 bits per heavy atom. The average Bonchev–Trinajstić information content (AvgIpc) is 3.27. The van der Waals surface area contributed by atoms with E-state index >= 15 is 0 Å². The maximum atomic E-state index is 12.1. The van der Waals surface area contributed by atoms with Crippen molar-refractivity contribution in [1.82, 2.24) is 24.1 Å². The van der Waals surface area contributed by atoms with Crippen LogP contribution < -0.4 is 21.5 Å². The molecule has 3 aromatic heterocycles. The molecule has 0 unspecified atom stereocenters. The Morgan fingerprint density at radius 2 is 2.04 bits per heavy atom. The molecule has 8 heteroatoms. The molecule has 4 rings (SSSR count). The molecular weight excluding hydrogens is 332 g/mol. The molecule has 1 saturated heterocycles. The molecule has 1 aliphatic rings. The second kappa shape index (κ2) is 6.45. The van der Waals surface area contributed by atoms with Gasteiger partial charge in [-0.25, -0.2) is 9.31 Å². The number of fused-ring (bicyclic) bond motifs is 1. The lowest BCUT2D eigenvalue weighted by Gasteiger charge is -2.21. The Kier molecular flexibility index (Phi) is 4.12. The number of hydrogen-bond acceptors (Lipinski definition) is 5. The number of nitrogens with zero attached hydrogens (tertiary/aromatic N) is 5. The summed E-state index contributed by atoms with van der Waals surface area (Å²) in [4.78, 5) is 26.1. The van der Waals surface area contributed by atoms with Crippen LogP contribution >= 0.6 is 0 Å². The Hall–Kier alpha value is -2.87. The molecule has 1 N–H and O–H groups in total. The third-order valence-corrected chi connectivity index (χ3v) is 5.01. The summed E-state index contributed by atoms with van der Waals surface area (Å²) in [7, 11) is 3.20. The standard InChI is InChI=1S/C18H22N6O2/c1-21-16(10-17(25)22(2)18(21)26)23-8-6-13(12-23)19-11-14-9-15-5-3-4-7-24(15)20-14/h3-5,7,9-10,13,19H,6,8,11-12H2,1-2H3/t13-/m0/s1. The van der Waals surface area contributed by atoms with Gasteiger partial charge in [-0.05, 0) is 24.6 Å². The highest BCUT2D eigenvalue weighted by molar-refractivity contribution is 5.47. The maximum absolute atomic E-state index is 12.1. The molecule has 26 heavy (non-hydrogen) atoms. The predicted octanol–water partition coefficient (Wildman–Crippen LogP) is 0.100. The van der Waals surface area contributed by atoms with E-state index in [1.165, 1.54) is 17.7 Å². The number of pyridine rings is 1. The molecule has 0 bridgehead atoms. The van der Waals surface area contributed by atoms with Gasteiger partial charge in [0, 0.05) is 52.0 Å². The van der Waals surface area contributed by atoms with Crippen molar-refractivity contribution in [3.63, 3.8) is 0 Å². The van der Waals surface area contributed by atoms with Gasteiger partial charge in [0.15, 0.2) is 0 Å². The molecular formula is C18H22N6O2. The van der Waals surface area contributed by atoms with Gasteiger partial charge in [0.25, 0.3) is 5.56 Å². The van der Waals surface area contributed by atoms with Crippen molar-refractivity contribution >= 4 is 11.3 Å². The first-order valence-corrected chi connectivity index (χ1v) is 8.71. The fourth-order valence-electron chi connectivity index (χ4n) is 3.49. The van der Waals surface area contributed by atoms with Crippen LogP contribution in [0.1, 0.15) is 12.1 Å². The normalized spacial score (nSPS) is 17.3. The number of rotatable bonds is 4. The minimum atomic E-state index is -0.298. The Bertz CT molecular complexity index is 1030. The van der Waals surface area contributed by atoms with Crippen LogP contribution in [0.2, 0.25) is 0 Å². The van der Waals surface area contributed by atoms with E-state index in [1.54, 1.807) is 7.05 Å². The summed E-state index contributed by atoms with van der Waals surface area (Å²) < 4.78 is 4.53. The zero-order valence-corrected chi connectivity index (χ0v) is 14.9. The third kappa shape index (κ3) is 2.92. The first-order chi connectivity index (χ1) is 12.5. The topological polar surface area (TPSA) is 76.6 Å². The van der Waals surface area contributed by atoms with Gasteiger partial charge in [0.2, 0.25) is 0 Å². The highest BCUT2D eigenvalue weighted by Crippen LogP contribution is 2.17. The van der Waals surface area contributed by atoms with E-state index in [4.69, 9.17) is 0 Å². The monoisotopic (exact) mass is 354 g/mol. The van der Waals surface area contributed by atoms with Gasteiger partial charge in [0.05, 0.1) is 11.2 Å². The van der Waals surface area contributed by atoms with E-state index in [2.05, 4.69) is 21.4 Å². The SMILES string of the molecule is Cn1c(N2CC[C@H](NCc3cc4ccccn4n3)C2)cc(=O)n(C)c1=O. The van der Waals surface area contributed by atoms with Crippen molar-refractivity contribution in [2.75, 3.05) is 18.0 Å². The van der Waals surface area contributed by atoms with Crippen LogP contribution in [0.4, 0.5) is 5.82 Å². The van der Waals surface area contributed by atoms with Crippen molar-refractivity contribution in [2.45, 2.75) is 19.0 Å². The van der Waals surface area contributed by atoms with Gasteiger partial charge in [-0.3, -0.25) is 13.9 Å². The Labute approximate surface area is 150 Å². The van der Waals surface area contributed by atoms with E-state index in [0.717, 1.165) is 35.3 Å². The van der Waals surface area contributed by atoms with Crippen molar-refractivity contribution in [3.05, 3.63) is 63.1 Å². The molecule has 136 valence electrons. The fraction of sp³-hybridized carbons (Fsp3) is 0.389. The molecule has 1 atom stereocenters. The molecule has 0 radical (unpaired) electrons. The van der Waals surface area contributed by atoms with Gasteiger partial charge in [-0.2, -0.15) is 5.10 Å². The highest BCUT2D eigenvalue weighted by Gasteiger charge is 2.24. The molecule has 0 spiro atoms. The summed E-state index contributed by atoms with van der Waals surface area (Å²) in [5, 5.41) is 8.08. The second-order valence-corrected chi connectivity index (χ2v) is 6.76. The van der Waals surface area contributed by atoms with Gasteiger partial charge >= 0.3 is 5.69 Å². The quantitative estimate of drug-likeness (QED) is 0.719. The first kappa shape index (κ1) is 16.6. The lowest BCUT2D eigenvalue weighted by Crippen LogP contribution is -2.40. The largest absolute Gasteiger partial charge is 0.356 e. The van der Waals surface area contributed by atoms with E-state index in [9.17, 15) is 9.59 Å². The van der Waals surface area contributed by atoms with E-state index in [-0.39, 0.29) is 11.2 Å². The number of hydrogen-bond donors (Lipinski definition) is 1. The van der Waals surface area contributed by atoms with Crippen molar-refractivity contribution in [3.8, 4) is 0 Å². The van der Waals surface area contributed by atoms with Gasteiger partial charge < -0.3 is 10.2 Å². The summed E-state index contributed by atoms with van der Waals surface area (Å²) in [6.45, 7) is 2.26. The van der Waals surface area contributed by atoms with E-state index in [1.807, 2.05) is 28.9 Å². The predicted molar refractivity (Wildman–Crippen MR) is 99.6 cm³/mol. The first-order valence-electron chi connectivity index (χ1n) is 8.71. The molecule has 4 heterocycles. The van der Waals surface area contributed by atoms with Crippen LogP contribution in [0.25, 0.3) is 5.52 Å². The smallest absolute Gasteiger partial charge is 0.332 e. The van der Waals surface area contributed by atoms with Crippen molar-refractivity contribution in [1.29, 1.82) is 0 Å². The number of anilines is 1. The minimum Gasteiger partial charge on any atom is -0.356 e. The van der Waals surface area contributed by atoms with E-state index in [0.29, 0.717) is 18.4 Å². The third-order valence-electron chi connectivity index (χ3n) is 5.01. The molecule has 0 amide bonds. The summed E-state index contributed by atoms with van der Waals surface area (Å²) >= 11 is 0. The van der Waals surface area contributed by atoms with Crippen molar-refractivity contribution < 1.29 is 0 Å². The van der Waals surface area contributed by atoms with Crippen LogP contribution in [0.3, 0.4) is 0 Å². The summed E-state index contributed by atoms with van der Waals surface area (Å²) in [5.74, 6) is 0.676. The lowest BCUT2D eigenvalue weighted by atomic mass is 10.2. The molecule has 0 aromatic carbocycles. The molecule has 0 saturated carbocycles. The van der Waals surface area contributed by atoms with Gasteiger partial charge in [-0.15, -0.1) is 0 Å². The average molecular weight is 354 g/mol. The zero-order valence-electron chi connectivity index (χ0n) is 14.9. The number of nitrogens with one attached hydrogen (secondary N) is 1. The zero-order chi connectivity index (χ0) is 18.3. The molecule has 3 aromatic rings. The molecule has 1 aliphatic heterocycles. The van der Waals surface area contributed by atoms with Crippen LogP contribution in [0.15, 0.2) is 46.1 Å². The van der Waals surface area contributed by atoms with Gasteiger partial charge in [0.1, 0.15) is 5.82 Å². The van der Waals surface area contributed by atoms with Crippen LogP contribution in [-0.2, 0) is 20.6 Å². The molecule has 8 nitrogen and oxygen atoms in total. The highest BCUT2D eigenvalue weighted by atomic mass is 16.2. The fourth-order valence-corrected chi connectivity index (χ4v) is 3.49. The summed E-state index contributed by atoms with van der Waals surface area (Å²) in [6, 6.07) is 9.89. The molecule has 1 fully saturated rings. The Morgan fingerprint density at radius 3 is 2.85 bits per heavy atom. The van der Waals surface area contributed by atoms with Gasteiger partial charge in [-0.1, -0.05) is 6.07 Å². The maximum Gasteiger partial charge on any atom is 0.332 e. The van der Waals surface area contributed by atoms with E-state index < -0.39 is 0 Å². The summed E-state index contributed by atoms with van der Waals surface area (Å²) in [5.41, 5.74) is 1.50.